The summed E-state index contributed by atoms with van der Waals surface area (Å²) in [5.74, 6) is -0.295. The number of carbonyl (C=O) groups excluding carboxylic acids is 2. The van der Waals surface area contributed by atoms with Crippen LogP contribution in [0.25, 0.3) is 0 Å². The third kappa shape index (κ3) is 10.9. The minimum Gasteiger partial charge on any atom is -0.469 e. The van der Waals surface area contributed by atoms with E-state index in [0.717, 1.165) is 38.5 Å². The quantitative estimate of drug-likeness (QED) is 0.427. The second kappa shape index (κ2) is 12.1. The van der Waals surface area contributed by atoms with Crippen molar-refractivity contribution in [1.82, 2.24) is 0 Å². The molecule has 0 aliphatic rings. The summed E-state index contributed by atoms with van der Waals surface area (Å²) >= 11 is 0. The van der Waals surface area contributed by atoms with Crippen LogP contribution >= 0.6 is 0 Å². The van der Waals surface area contributed by atoms with Crippen LogP contribution in [0, 0.1) is 10.8 Å². The van der Waals surface area contributed by atoms with E-state index in [9.17, 15) is 9.59 Å². The Morgan fingerprint density at radius 2 is 1.30 bits per heavy atom. The van der Waals surface area contributed by atoms with Gasteiger partial charge in [-0.05, 0) is 40.5 Å². The Morgan fingerprint density at radius 3 is 1.61 bits per heavy atom. The molecular formula is C19H36O4. The molecule has 0 N–H and O–H groups in total. The zero-order valence-electron chi connectivity index (χ0n) is 16.2. The Kier molecular flexibility index (Phi) is 12.6. The molecule has 136 valence electrons. The van der Waals surface area contributed by atoms with E-state index in [2.05, 4.69) is 25.2 Å². The minimum absolute atomic E-state index is 0.106. The molecule has 0 fully saturated rings. The lowest BCUT2D eigenvalue weighted by atomic mass is 9.87. The van der Waals surface area contributed by atoms with Gasteiger partial charge in [0.25, 0.3) is 0 Å². The third-order valence-electron chi connectivity index (χ3n) is 3.79. The normalized spacial score (nSPS) is 11.1. The average Bonchev–Trinajstić information content (AvgIpc) is 2.51. The first-order chi connectivity index (χ1) is 10.6. The van der Waals surface area contributed by atoms with E-state index in [1.165, 1.54) is 13.4 Å². The molecule has 0 aromatic rings. The molecule has 0 bridgehead atoms. The molecule has 0 spiro atoms. The highest BCUT2D eigenvalue weighted by molar-refractivity contribution is 5.76. The SMILES string of the molecule is C=COC(=O)C(C)(C)CCCC.CCCCC(C)(C)C(=O)OC. The van der Waals surface area contributed by atoms with Crippen LogP contribution < -0.4 is 0 Å². The Morgan fingerprint density at radius 1 is 0.913 bits per heavy atom. The van der Waals surface area contributed by atoms with Gasteiger partial charge in [-0.2, -0.15) is 0 Å². The lowest BCUT2D eigenvalue weighted by molar-refractivity contribution is -0.151. The van der Waals surface area contributed by atoms with E-state index in [-0.39, 0.29) is 22.8 Å². The molecule has 0 aliphatic heterocycles. The summed E-state index contributed by atoms with van der Waals surface area (Å²) in [7, 11) is 1.44. The number of methoxy groups -OCH3 is 1. The highest BCUT2D eigenvalue weighted by Crippen LogP contribution is 2.25. The topological polar surface area (TPSA) is 52.6 Å². The fourth-order valence-electron chi connectivity index (χ4n) is 1.95. The second-order valence-corrected chi connectivity index (χ2v) is 7.04. The van der Waals surface area contributed by atoms with Crippen LogP contribution in [-0.2, 0) is 19.1 Å². The molecule has 23 heavy (non-hydrogen) atoms. The molecule has 0 unspecified atom stereocenters. The summed E-state index contributed by atoms with van der Waals surface area (Å²) in [5.41, 5.74) is -0.672. The predicted molar refractivity (Wildman–Crippen MR) is 94.9 cm³/mol. The van der Waals surface area contributed by atoms with Crippen molar-refractivity contribution in [3.8, 4) is 0 Å². The van der Waals surface area contributed by atoms with Gasteiger partial charge >= 0.3 is 11.9 Å². The molecule has 0 saturated carbocycles. The maximum absolute atomic E-state index is 11.3. The van der Waals surface area contributed by atoms with Gasteiger partial charge in [-0.15, -0.1) is 0 Å². The highest BCUT2D eigenvalue weighted by Gasteiger charge is 2.28. The van der Waals surface area contributed by atoms with E-state index in [1.54, 1.807) is 0 Å². The number of ether oxygens (including phenoxy) is 2. The largest absolute Gasteiger partial charge is 0.469 e. The number of unbranched alkanes of at least 4 members (excludes halogenated alkanes) is 2. The maximum atomic E-state index is 11.3. The van der Waals surface area contributed by atoms with E-state index in [4.69, 9.17) is 4.74 Å². The van der Waals surface area contributed by atoms with E-state index in [0.29, 0.717) is 0 Å². The van der Waals surface area contributed by atoms with Gasteiger partial charge in [-0.25, -0.2) is 0 Å². The molecule has 4 heteroatoms. The van der Waals surface area contributed by atoms with Gasteiger partial charge in [0.05, 0.1) is 24.2 Å². The van der Waals surface area contributed by atoms with Crippen molar-refractivity contribution >= 4 is 11.9 Å². The Bertz CT molecular complexity index is 356. The van der Waals surface area contributed by atoms with Crippen molar-refractivity contribution < 1.29 is 19.1 Å². The summed E-state index contributed by atoms with van der Waals surface area (Å²) in [6.45, 7) is 15.2. The molecule has 0 saturated heterocycles. The highest BCUT2D eigenvalue weighted by atomic mass is 16.5. The first-order valence-corrected chi connectivity index (χ1v) is 8.49. The Balaban J connectivity index is 0. The summed E-state index contributed by atoms with van der Waals surface area (Å²) in [6, 6.07) is 0. The zero-order valence-corrected chi connectivity index (χ0v) is 16.2. The Labute approximate surface area is 142 Å². The van der Waals surface area contributed by atoms with Crippen LogP contribution in [0.4, 0.5) is 0 Å². The molecule has 0 aliphatic carbocycles. The van der Waals surface area contributed by atoms with Crippen molar-refractivity contribution in [2.75, 3.05) is 7.11 Å². The second-order valence-electron chi connectivity index (χ2n) is 7.04. The molecule has 0 aromatic heterocycles. The standard InChI is InChI=1S/C10H18O2.C9H18O2/c1-5-7-8-10(3,4)9(11)12-6-2;1-5-6-7-9(2,3)8(10)11-4/h6H,2,5,7-8H2,1,3-4H3;5-7H2,1-4H3. The van der Waals surface area contributed by atoms with Crippen molar-refractivity contribution in [2.45, 2.75) is 80.1 Å². The fraction of sp³-hybridized carbons (Fsp3) is 0.789. The van der Waals surface area contributed by atoms with Gasteiger partial charge in [-0.3, -0.25) is 9.59 Å². The van der Waals surface area contributed by atoms with Crippen molar-refractivity contribution in [1.29, 1.82) is 0 Å². The van der Waals surface area contributed by atoms with Crippen molar-refractivity contribution in [3.63, 3.8) is 0 Å². The summed E-state index contributed by atoms with van der Waals surface area (Å²) < 4.78 is 9.40. The van der Waals surface area contributed by atoms with Crippen LogP contribution in [0.1, 0.15) is 80.1 Å². The molecule has 0 rings (SSSR count). The average molecular weight is 328 g/mol. The predicted octanol–water partition coefficient (Wildman–Crippen LogP) is 5.27. The van der Waals surface area contributed by atoms with Crippen molar-refractivity contribution in [3.05, 3.63) is 12.8 Å². The minimum atomic E-state index is -0.371. The van der Waals surface area contributed by atoms with Gasteiger partial charge in [0.15, 0.2) is 0 Å². The summed E-state index contributed by atoms with van der Waals surface area (Å²) in [4.78, 5) is 22.4. The summed E-state index contributed by atoms with van der Waals surface area (Å²) in [5, 5.41) is 0. The van der Waals surface area contributed by atoms with Gasteiger partial charge in [0.2, 0.25) is 0 Å². The van der Waals surface area contributed by atoms with Crippen molar-refractivity contribution in [2.24, 2.45) is 10.8 Å². The molecule has 0 atom stereocenters. The summed E-state index contributed by atoms with van der Waals surface area (Å²) in [6.07, 6.45) is 7.34. The fourth-order valence-corrected chi connectivity index (χ4v) is 1.95. The van der Waals surface area contributed by atoms with Gasteiger partial charge in [0, 0.05) is 0 Å². The van der Waals surface area contributed by atoms with Crippen LogP contribution in [0.15, 0.2) is 12.8 Å². The Hall–Kier alpha value is -1.32. The number of hydrogen-bond donors (Lipinski definition) is 0. The number of hydrogen-bond acceptors (Lipinski definition) is 4. The number of rotatable bonds is 9. The molecular weight excluding hydrogens is 292 g/mol. The molecule has 0 amide bonds. The van der Waals surface area contributed by atoms with Crippen LogP contribution in [0.3, 0.4) is 0 Å². The van der Waals surface area contributed by atoms with E-state index < -0.39 is 0 Å². The lowest BCUT2D eigenvalue weighted by Crippen LogP contribution is -2.25. The molecule has 0 radical (unpaired) electrons. The first kappa shape index (κ1) is 23.9. The van der Waals surface area contributed by atoms with Crippen LogP contribution in [0.2, 0.25) is 0 Å². The number of carbonyl (C=O) groups is 2. The zero-order chi connectivity index (χ0) is 18.5. The van der Waals surface area contributed by atoms with Crippen LogP contribution in [-0.4, -0.2) is 19.0 Å². The monoisotopic (exact) mass is 328 g/mol. The van der Waals surface area contributed by atoms with Gasteiger partial charge in [0.1, 0.15) is 0 Å². The molecule has 0 heterocycles. The molecule has 0 aromatic carbocycles. The number of esters is 2. The van der Waals surface area contributed by atoms with Gasteiger partial charge in [-0.1, -0.05) is 46.1 Å². The van der Waals surface area contributed by atoms with E-state index in [1.807, 2.05) is 27.7 Å². The first-order valence-electron chi connectivity index (χ1n) is 8.49. The van der Waals surface area contributed by atoms with Crippen LogP contribution in [0.5, 0.6) is 0 Å². The lowest BCUT2D eigenvalue weighted by Gasteiger charge is -2.20. The maximum Gasteiger partial charge on any atom is 0.316 e. The smallest absolute Gasteiger partial charge is 0.316 e. The van der Waals surface area contributed by atoms with Gasteiger partial charge < -0.3 is 9.47 Å². The molecule has 4 nitrogen and oxygen atoms in total. The third-order valence-corrected chi connectivity index (χ3v) is 3.79. The van der Waals surface area contributed by atoms with E-state index >= 15 is 0 Å².